The lowest BCUT2D eigenvalue weighted by molar-refractivity contribution is 0.0677. The second-order valence-corrected chi connectivity index (χ2v) is 5.43. The van der Waals surface area contributed by atoms with Gasteiger partial charge in [0.05, 0.1) is 18.8 Å². The van der Waals surface area contributed by atoms with E-state index in [4.69, 9.17) is 9.26 Å². The number of nitrogens with one attached hydrogen (secondary N) is 1. The molecule has 0 saturated carbocycles. The van der Waals surface area contributed by atoms with Crippen molar-refractivity contribution in [2.75, 3.05) is 24.7 Å². The third-order valence-electron chi connectivity index (χ3n) is 2.97. The first-order valence-electron chi connectivity index (χ1n) is 5.77. The van der Waals surface area contributed by atoms with Crippen LogP contribution in [0.4, 0.5) is 0 Å². The number of hydrogen-bond donors (Lipinski definition) is 2. The molecule has 0 radical (unpaired) electrons. The summed E-state index contributed by atoms with van der Waals surface area (Å²) in [5.74, 6) is 3.07. The number of rotatable bonds is 2. The Kier molecular flexibility index (Phi) is 3.32. The summed E-state index contributed by atoms with van der Waals surface area (Å²) in [7, 11) is 0. The Morgan fingerprint density at radius 2 is 2.41 bits per heavy atom. The minimum Gasteiger partial charge on any atom is -0.392 e. The van der Waals surface area contributed by atoms with E-state index >= 15 is 0 Å². The van der Waals surface area contributed by atoms with Gasteiger partial charge in [0.1, 0.15) is 6.10 Å². The zero-order valence-corrected chi connectivity index (χ0v) is 10.2. The highest BCUT2D eigenvalue weighted by molar-refractivity contribution is 7.99. The predicted molar refractivity (Wildman–Crippen MR) is 61.7 cm³/mol. The summed E-state index contributed by atoms with van der Waals surface area (Å²) in [4.78, 5) is 4.36. The molecule has 0 bridgehead atoms. The zero-order chi connectivity index (χ0) is 11.7. The summed E-state index contributed by atoms with van der Waals surface area (Å²) < 4.78 is 10.8. The molecule has 0 aromatic carbocycles. The summed E-state index contributed by atoms with van der Waals surface area (Å²) in [5, 5.41) is 16.5. The first-order valence-corrected chi connectivity index (χ1v) is 6.92. The highest BCUT2D eigenvalue weighted by Crippen LogP contribution is 2.27. The molecule has 17 heavy (non-hydrogen) atoms. The van der Waals surface area contributed by atoms with E-state index in [1.807, 2.05) is 11.8 Å². The average molecular weight is 257 g/mol. The van der Waals surface area contributed by atoms with Crippen LogP contribution < -0.4 is 5.32 Å². The lowest BCUT2D eigenvalue weighted by Gasteiger charge is -2.18. The topological polar surface area (TPSA) is 80.4 Å². The van der Waals surface area contributed by atoms with Crippen molar-refractivity contribution in [2.24, 2.45) is 0 Å². The number of β-amino-alcohol motifs (C(OH)–C–C–N with tert-alkyl or cyclic N) is 1. The third-order valence-corrected chi connectivity index (χ3v) is 3.96. The maximum absolute atomic E-state index is 9.44. The SMILES string of the molecule is O[C@@H]1CN[C@H](c2nc(C3CSCCO3)no2)C1. The number of ether oxygens (including phenoxy) is 1. The van der Waals surface area contributed by atoms with Crippen LogP contribution in [0.5, 0.6) is 0 Å². The van der Waals surface area contributed by atoms with Crippen LogP contribution >= 0.6 is 11.8 Å². The summed E-state index contributed by atoms with van der Waals surface area (Å²) in [5.41, 5.74) is 0. The molecule has 2 fully saturated rings. The highest BCUT2D eigenvalue weighted by Gasteiger charge is 2.30. The van der Waals surface area contributed by atoms with E-state index in [1.54, 1.807) is 0 Å². The molecular weight excluding hydrogens is 242 g/mol. The van der Waals surface area contributed by atoms with Crippen LogP contribution in [0.15, 0.2) is 4.52 Å². The maximum atomic E-state index is 9.44. The molecule has 0 amide bonds. The summed E-state index contributed by atoms with van der Waals surface area (Å²) in [6.45, 7) is 1.32. The van der Waals surface area contributed by atoms with E-state index in [2.05, 4.69) is 15.5 Å². The Morgan fingerprint density at radius 1 is 1.47 bits per heavy atom. The van der Waals surface area contributed by atoms with Crippen molar-refractivity contribution in [3.8, 4) is 0 Å². The molecule has 3 rings (SSSR count). The average Bonchev–Trinajstić information content (AvgIpc) is 2.98. The fraction of sp³-hybridized carbons (Fsp3) is 0.800. The molecule has 6 nitrogen and oxygen atoms in total. The van der Waals surface area contributed by atoms with E-state index in [0.29, 0.717) is 24.7 Å². The first-order chi connectivity index (χ1) is 8.33. The van der Waals surface area contributed by atoms with Gasteiger partial charge in [0.25, 0.3) is 0 Å². The second-order valence-electron chi connectivity index (χ2n) is 4.28. The van der Waals surface area contributed by atoms with Crippen LogP contribution in [0.2, 0.25) is 0 Å². The molecular formula is C10H15N3O3S. The number of aliphatic hydroxyl groups excluding tert-OH is 1. The van der Waals surface area contributed by atoms with Crippen LogP contribution in [0.1, 0.15) is 30.3 Å². The number of hydrogen-bond acceptors (Lipinski definition) is 7. The van der Waals surface area contributed by atoms with E-state index in [1.165, 1.54) is 0 Å². The molecule has 2 aliphatic heterocycles. The molecule has 0 aliphatic carbocycles. The molecule has 1 aromatic rings. The van der Waals surface area contributed by atoms with Gasteiger partial charge in [0, 0.05) is 18.1 Å². The second kappa shape index (κ2) is 4.93. The molecule has 2 N–H and O–H groups in total. The van der Waals surface area contributed by atoms with E-state index in [9.17, 15) is 5.11 Å². The van der Waals surface area contributed by atoms with Gasteiger partial charge in [0.15, 0.2) is 0 Å². The Bertz CT molecular complexity index is 361. The molecule has 94 valence electrons. The first kappa shape index (κ1) is 11.5. The molecule has 1 unspecified atom stereocenters. The number of aromatic nitrogens is 2. The van der Waals surface area contributed by atoms with E-state index in [-0.39, 0.29) is 18.2 Å². The van der Waals surface area contributed by atoms with Gasteiger partial charge < -0.3 is 19.7 Å². The van der Waals surface area contributed by atoms with Gasteiger partial charge in [-0.25, -0.2) is 0 Å². The zero-order valence-electron chi connectivity index (χ0n) is 9.33. The Morgan fingerprint density at radius 3 is 3.12 bits per heavy atom. The number of aliphatic hydroxyl groups is 1. The van der Waals surface area contributed by atoms with Crippen molar-refractivity contribution in [2.45, 2.75) is 24.7 Å². The monoisotopic (exact) mass is 257 g/mol. The fourth-order valence-corrected chi connectivity index (χ4v) is 2.90. The molecule has 0 spiro atoms. The largest absolute Gasteiger partial charge is 0.392 e. The van der Waals surface area contributed by atoms with Crippen LogP contribution in [0.3, 0.4) is 0 Å². The summed E-state index contributed by atoms with van der Waals surface area (Å²) in [6.07, 6.45) is 0.247. The molecule has 1 aromatic heterocycles. The van der Waals surface area contributed by atoms with Gasteiger partial charge in [-0.05, 0) is 6.42 Å². The number of thioether (sulfide) groups is 1. The van der Waals surface area contributed by atoms with Crippen LogP contribution in [-0.4, -0.2) is 46.0 Å². The minimum absolute atomic E-state index is 0.0255. The standard InChI is InChI=1S/C10H15N3O3S/c14-6-3-7(11-4-6)10-12-9(13-16-10)8-5-17-2-1-15-8/h6-8,11,14H,1-5H2/t6-,7-,8?/m0/s1. The van der Waals surface area contributed by atoms with Gasteiger partial charge in [-0.3, -0.25) is 0 Å². The normalized spacial score (nSPS) is 34.1. The maximum Gasteiger partial charge on any atom is 0.243 e. The Labute approximate surface area is 103 Å². The quantitative estimate of drug-likeness (QED) is 0.787. The van der Waals surface area contributed by atoms with Crippen molar-refractivity contribution in [3.05, 3.63) is 11.7 Å². The van der Waals surface area contributed by atoms with Gasteiger partial charge >= 0.3 is 0 Å². The molecule has 2 saturated heterocycles. The van der Waals surface area contributed by atoms with Crippen molar-refractivity contribution in [3.63, 3.8) is 0 Å². The Balaban J connectivity index is 1.69. The Hall–Kier alpha value is -0.630. The van der Waals surface area contributed by atoms with Crippen LogP contribution in [0, 0.1) is 0 Å². The lowest BCUT2D eigenvalue weighted by Crippen LogP contribution is -2.17. The van der Waals surface area contributed by atoms with Crippen molar-refractivity contribution in [1.82, 2.24) is 15.5 Å². The predicted octanol–water partition coefficient (Wildman–Crippen LogP) is 0.269. The van der Waals surface area contributed by atoms with Crippen LogP contribution in [0.25, 0.3) is 0 Å². The van der Waals surface area contributed by atoms with Crippen LogP contribution in [-0.2, 0) is 4.74 Å². The van der Waals surface area contributed by atoms with Crippen molar-refractivity contribution < 1.29 is 14.4 Å². The van der Waals surface area contributed by atoms with Crippen molar-refractivity contribution >= 4 is 11.8 Å². The van der Waals surface area contributed by atoms with Gasteiger partial charge in [0.2, 0.25) is 11.7 Å². The highest BCUT2D eigenvalue weighted by atomic mass is 32.2. The molecule has 7 heteroatoms. The minimum atomic E-state index is -0.322. The number of nitrogens with zero attached hydrogens (tertiary/aromatic N) is 2. The molecule has 3 heterocycles. The summed E-state index contributed by atoms with van der Waals surface area (Å²) in [6, 6.07) is -0.0255. The van der Waals surface area contributed by atoms with Gasteiger partial charge in [-0.15, -0.1) is 0 Å². The van der Waals surface area contributed by atoms with E-state index in [0.717, 1.165) is 18.1 Å². The van der Waals surface area contributed by atoms with E-state index < -0.39 is 0 Å². The summed E-state index contributed by atoms with van der Waals surface area (Å²) >= 11 is 1.84. The third kappa shape index (κ3) is 2.47. The fourth-order valence-electron chi connectivity index (χ4n) is 2.06. The van der Waals surface area contributed by atoms with Crippen molar-refractivity contribution in [1.29, 1.82) is 0 Å². The lowest BCUT2D eigenvalue weighted by atomic mass is 10.2. The molecule has 2 aliphatic rings. The van der Waals surface area contributed by atoms with Gasteiger partial charge in [-0.2, -0.15) is 16.7 Å². The molecule has 3 atom stereocenters. The van der Waals surface area contributed by atoms with Gasteiger partial charge in [-0.1, -0.05) is 5.16 Å². The smallest absolute Gasteiger partial charge is 0.243 e.